The summed E-state index contributed by atoms with van der Waals surface area (Å²) in [5.74, 6) is 1.87. The van der Waals surface area contributed by atoms with Crippen LogP contribution in [0.25, 0.3) is 0 Å². The third-order valence-electron chi connectivity index (χ3n) is 6.63. The quantitative estimate of drug-likeness (QED) is 0.761. The molecule has 4 rings (SSSR count). The van der Waals surface area contributed by atoms with Crippen molar-refractivity contribution in [2.75, 3.05) is 43.5 Å². The van der Waals surface area contributed by atoms with E-state index in [-0.39, 0.29) is 0 Å². The lowest BCUT2D eigenvalue weighted by atomic mass is 9.91. The number of anilines is 2. The second kappa shape index (κ2) is 10.2. The van der Waals surface area contributed by atoms with E-state index in [4.69, 9.17) is 9.82 Å². The average Bonchev–Trinajstić information content (AvgIpc) is 3.05. The van der Waals surface area contributed by atoms with E-state index in [0.29, 0.717) is 12.1 Å². The van der Waals surface area contributed by atoms with Crippen LogP contribution in [-0.2, 0) is 4.84 Å². The molecule has 1 aromatic rings. The number of likely N-dealkylation sites (tertiary alicyclic amines) is 1. The molecule has 160 valence electrons. The first-order valence-corrected chi connectivity index (χ1v) is 11.5. The molecule has 3 aliphatic rings. The lowest BCUT2D eigenvalue weighted by Crippen LogP contribution is -2.48. The second-order valence-corrected chi connectivity index (χ2v) is 8.69. The normalized spacial score (nSPS) is 26.7. The largest absolute Gasteiger partial charge is 0.399 e. The van der Waals surface area contributed by atoms with Crippen molar-refractivity contribution in [3.63, 3.8) is 0 Å². The van der Waals surface area contributed by atoms with E-state index in [0.717, 1.165) is 44.2 Å². The number of piperidine rings is 1. The van der Waals surface area contributed by atoms with E-state index in [1.54, 1.807) is 7.11 Å². The molecule has 0 aromatic carbocycles. The fourth-order valence-electron chi connectivity index (χ4n) is 5.05. The summed E-state index contributed by atoms with van der Waals surface area (Å²) >= 11 is 0. The molecule has 1 atom stereocenters. The number of rotatable bonds is 5. The Balaban J connectivity index is 1.32. The Hall–Kier alpha value is -1.89. The summed E-state index contributed by atoms with van der Waals surface area (Å²) in [6.45, 7) is 4.51. The highest BCUT2D eigenvalue weighted by atomic mass is 16.6. The molecule has 1 N–H and O–H groups in total. The van der Waals surface area contributed by atoms with Gasteiger partial charge in [-0.05, 0) is 64.0 Å². The molecular formula is C22H36N6O. The van der Waals surface area contributed by atoms with Crippen LogP contribution in [0.5, 0.6) is 0 Å². The van der Waals surface area contributed by atoms with Gasteiger partial charge in [-0.2, -0.15) is 4.98 Å². The fourth-order valence-corrected chi connectivity index (χ4v) is 5.05. The Kier molecular flexibility index (Phi) is 7.19. The van der Waals surface area contributed by atoms with Gasteiger partial charge in [0.1, 0.15) is 12.9 Å². The maximum Gasteiger partial charge on any atom is 0.224 e. The maximum atomic E-state index is 4.95. The van der Waals surface area contributed by atoms with Gasteiger partial charge >= 0.3 is 0 Å². The number of nitrogens with one attached hydrogen (secondary N) is 1. The van der Waals surface area contributed by atoms with Crippen molar-refractivity contribution in [1.29, 1.82) is 0 Å². The molecule has 7 nitrogen and oxygen atoms in total. The van der Waals surface area contributed by atoms with Crippen molar-refractivity contribution < 1.29 is 4.84 Å². The zero-order valence-electron chi connectivity index (χ0n) is 17.9. The summed E-state index contributed by atoms with van der Waals surface area (Å²) in [7, 11) is 1.64. The van der Waals surface area contributed by atoms with Crippen molar-refractivity contribution >= 4 is 17.5 Å². The van der Waals surface area contributed by atoms with Crippen LogP contribution in [0.3, 0.4) is 0 Å². The van der Waals surface area contributed by atoms with E-state index in [1.807, 2.05) is 6.20 Å². The predicted molar refractivity (Wildman–Crippen MR) is 118 cm³/mol. The number of hydrogen-bond donors (Lipinski definition) is 1. The summed E-state index contributed by atoms with van der Waals surface area (Å²) < 4.78 is 0. The number of oxime groups is 1. The molecule has 1 unspecified atom stereocenters. The lowest BCUT2D eigenvalue weighted by Gasteiger charge is -2.40. The van der Waals surface area contributed by atoms with Crippen molar-refractivity contribution in [3.8, 4) is 0 Å². The Morgan fingerprint density at radius 2 is 1.83 bits per heavy atom. The minimum Gasteiger partial charge on any atom is -0.399 e. The van der Waals surface area contributed by atoms with Crippen molar-refractivity contribution in [1.82, 2.24) is 14.9 Å². The molecule has 3 fully saturated rings. The predicted octanol–water partition coefficient (Wildman–Crippen LogP) is 3.68. The molecule has 0 bridgehead atoms. The highest BCUT2D eigenvalue weighted by Gasteiger charge is 2.29. The summed E-state index contributed by atoms with van der Waals surface area (Å²) in [4.78, 5) is 19.4. The van der Waals surface area contributed by atoms with Crippen LogP contribution >= 0.6 is 0 Å². The van der Waals surface area contributed by atoms with E-state index < -0.39 is 0 Å². The zero-order chi connectivity index (χ0) is 19.9. The highest BCUT2D eigenvalue weighted by molar-refractivity contribution is 5.84. The van der Waals surface area contributed by atoms with Gasteiger partial charge in [0.15, 0.2) is 0 Å². The van der Waals surface area contributed by atoms with Gasteiger partial charge in [-0.1, -0.05) is 18.0 Å². The summed E-state index contributed by atoms with van der Waals surface area (Å²) in [6, 6.07) is 3.15. The van der Waals surface area contributed by atoms with Crippen LogP contribution < -0.4 is 10.2 Å². The van der Waals surface area contributed by atoms with Crippen LogP contribution in [0.1, 0.15) is 64.2 Å². The molecule has 0 spiro atoms. The van der Waals surface area contributed by atoms with Crippen molar-refractivity contribution in [2.45, 2.75) is 76.3 Å². The van der Waals surface area contributed by atoms with Gasteiger partial charge in [-0.25, -0.2) is 4.98 Å². The van der Waals surface area contributed by atoms with Crippen LogP contribution in [0.2, 0.25) is 0 Å². The molecule has 29 heavy (non-hydrogen) atoms. The number of aromatic nitrogens is 2. The van der Waals surface area contributed by atoms with Gasteiger partial charge in [0, 0.05) is 37.9 Å². The minimum atomic E-state index is 0.428. The monoisotopic (exact) mass is 400 g/mol. The molecule has 3 heterocycles. The lowest BCUT2D eigenvalue weighted by molar-refractivity contribution is 0.136. The first kappa shape index (κ1) is 20.4. The first-order chi connectivity index (χ1) is 14.3. The van der Waals surface area contributed by atoms with Crippen LogP contribution in [0, 0.1) is 0 Å². The Morgan fingerprint density at radius 1 is 1.03 bits per heavy atom. The standard InChI is InChI=1S/C22H36N6O/c1-29-26-18-8-10-20(11-9-18)28-16-6-7-19(17-28)24-22-23-13-12-21(25-22)27-14-4-2-3-5-15-27/h12-13,19-20H,2-11,14-17H2,1H3,(H,23,24,25). The summed E-state index contributed by atoms with van der Waals surface area (Å²) in [5.41, 5.74) is 1.22. The molecule has 7 heteroatoms. The zero-order valence-corrected chi connectivity index (χ0v) is 17.9. The third-order valence-corrected chi connectivity index (χ3v) is 6.63. The molecule has 0 radical (unpaired) electrons. The summed E-state index contributed by atoms with van der Waals surface area (Å²) in [5, 5.41) is 7.79. The second-order valence-electron chi connectivity index (χ2n) is 8.69. The molecule has 2 aliphatic heterocycles. The van der Waals surface area contributed by atoms with Crippen molar-refractivity contribution in [2.24, 2.45) is 5.16 Å². The van der Waals surface area contributed by atoms with Gasteiger partial charge < -0.3 is 15.1 Å². The molecule has 2 saturated heterocycles. The van der Waals surface area contributed by atoms with Crippen LogP contribution in [-0.4, -0.2) is 66.0 Å². The Morgan fingerprint density at radius 3 is 2.59 bits per heavy atom. The Bertz CT molecular complexity index is 663. The smallest absolute Gasteiger partial charge is 0.224 e. The van der Waals surface area contributed by atoms with E-state index in [1.165, 1.54) is 63.6 Å². The maximum absolute atomic E-state index is 4.95. The van der Waals surface area contributed by atoms with E-state index in [2.05, 4.69) is 31.3 Å². The first-order valence-electron chi connectivity index (χ1n) is 11.5. The molecule has 0 amide bonds. The fraction of sp³-hybridized carbons (Fsp3) is 0.773. The topological polar surface area (TPSA) is 65.9 Å². The van der Waals surface area contributed by atoms with E-state index >= 15 is 0 Å². The third kappa shape index (κ3) is 5.59. The molecular weight excluding hydrogens is 364 g/mol. The molecule has 1 aromatic heterocycles. The highest BCUT2D eigenvalue weighted by Crippen LogP contribution is 2.26. The SMILES string of the molecule is CON=C1CCC(N2CCCC(Nc3nccc(N4CCCCCC4)n3)C2)CC1. The van der Waals surface area contributed by atoms with Crippen LogP contribution in [0.15, 0.2) is 17.4 Å². The van der Waals surface area contributed by atoms with Gasteiger partial charge in [-0.3, -0.25) is 4.90 Å². The number of hydrogen-bond acceptors (Lipinski definition) is 7. The van der Waals surface area contributed by atoms with E-state index in [9.17, 15) is 0 Å². The van der Waals surface area contributed by atoms with Crippen molar-refractivity contribution in [3.05, 3.63) is 12.3 Å². The molecule has 1 saturated carbocycles. The van der Waals surface area contributed by atoms with Crippen LogP contribution in [0.4, 0.5) is 11.8 Å². The van der Waals surface area contributed by atoms with Gasteiger partial charge in [0.25, 0.3) is 0 Å². The van der Waals surface area contributed by atoms with Gasteiger partial charge in [-0.15, -0.1) is 0 Å². The summed E-state index contributed by atoms with van der Waals surface area (Å²) in [6.07, 6.45) is 14.1. The van der Waals surface area contributed by atoms with Gasteiger partial charge in [0.05, 0.1) is 5.71 Å². The number of nitrogens with zero attached hydrogens (tertiary/aromatic N) is 5. The minimum absolute atomic E-state index is 0.428. The average molecular weight is 401 g/mol. The van der Waals surface area contributed by atoms with Gasteiger partial charge in [0.2, 0.25) is 5.95 Å². The Labute approximate surface area is 174 Å². The molecule has 1 aliphatic carbocycles.